The van der Waals surface area contributed by atoms with Crippen molar-refractivity contribution in [2.75, 3.05) is 7.11 Å². The van der Waals surface area contributed by atoms with E-state index >= 15 is 0 Å². The van der Waals surface area contributed by atoms with Crippen LogP contribution >= 0.6 is 0 Å². The minimum Gasteiger partial charge on any atom is -0.497 e. The number of hydrogen-bond acceptors (Lipinski definition) is 3. The highest BCUT2D eigenvalue weighted by atomic mass is 16.5. The number of carbonyl (C=O) groups excluding carboxylic acids is 1. The number of rotatable bonds is 3. The molecule has 1 aromatic heterocycles. The number of carbonyl (C=O) groups is 1. The number of methoxy groups -OCH3 is 1. The second-order valence-electron chi connectivity index (χ2n) is 3.32. The molecule has 16 heavy (non-hydrogen) atoms. The van der Waals surface area contributed by atoms with Crippen molar-refractivity contribution in [2.24, 2.45) is 0 Å². The number of aromatic nitrogens is 1. The lowest BCUT2D eigenvalue weighted by Crippen LogP contribution is -1.88. The Kier molecular flexibility index (Phi) is 2.96. The van der Waals surface area contributed by atoms with Crippen LogP contribution in [0, 0.1) is 0 Å². The fourth-order valence-corrected chi connectivity index (χ4v) is 1.49. The second kappa shape index (κ2) is 4.57. The van der Waals surface area contributed by atoms with Gasteiger partial charge in [-0.25, -0.2) is 0 Å². The van der Waals surface area contributed by atoms with Crippen LogP contribution in [0.2, 0.25) is 0 Å². The Balaban J connectivity index is 2.45. The number of benzene rings is 1. The van der Waals surface area contributed by atoms with E-state index < -0.39 is 0 Å². The summed E-state index contributed by atoms with van der Waals surface area (Å²) in [5, 5.41) is 0. The van der Waals surface area contributed by atoms with Crippen molar-refractivity contribution in [3.8, 4) is 16.9 Å². The molecule has 0 aliphatic rings. The van der Waals surface area contributed by atoms with Crippen molar-refractivity contribution < 1.29 is 9.53 Å². The van der Waals surface area contributed by atoms with Crippen molar-refractivity contribution in [3.63, 3.8) is 0 Å². The molecule has 2 rings (SSSR count). The van der Waals surface area contributed by atoms with E-state index in [-0.39, 0.29) is 0 Å². The highest BCUT2D eigenvalue weighted by Gasteiger charge is 2.01. The Morgan fingerprint density at radius 3 is 2.75 bits per heavy atom. The molecule has 0 bridgehead atoms. The van der Waals surface area contributed by atoms with E-state index in [4.69, 9.17) is 4.74 Å². The molecule has 0 fully saturated rings. The highest BCUT2D eigenvalue weighted by Crippen LogP contribution is 2.23. The fourth-order valence-electron chi connectivity index (χ4n) is 1.49. The van der Waals surface area contributed by atoms with Gasteiger partial charge < -0.3 is 4.74 Å². The maximum Gasteiger partial charge on any atom is 0.168 e. The van der Waals surface area contributed by atoms with Crippen LogP contribution in [0.5, 0.6) is 5.75 Å². The van der Waals surface area contributed by atoms with Crippen LogP contribution in [0.3, 0.4) is 0 Å². The summed E-state index contributed by atoms with van der Waals surface area (Å²) >= 11 is 0. The van der Waals surface area contributed by atoms with E-state index in [0.717, 1.165) is 23.2 Å². The molecule has 0 unspecified atom stereocenters. The zero-order valence-corrected chi connectivity index (χ0v) is 8.88. The molecule has 0 spiro atoms. The van der Waals surface area contributed by atoms with Crippen LogP contribution in [-0.4, -0.2) is 18.4 Å². The maximum absolute atomic E-state index is 10.6. The van der Waals surface area contributed by atoms with E-state index in [0.29, 0.717) is 5.69 Å². The molecule has 3 heteroatoms. The number of hydrogen-bond donors (Lipinski definition) is 0. The number of aldehydes is 1. The quantitative estimate of drug-likeness (QED) is 0.735. The van der Waals surface area contributed by atoms with Gasteiger partial charge in [0.15, 0.2) is 6.29 Å². The Labute approximate surface area is 93.7 Å². The van der Waals surface area contributed by atoms with Gasteiger partial charge >= 0.3 is 0 Å². The second-order valence-corrected chi connectivity index (χ2v) is 3.32. The fraction of sp³-hybridized carbons (Fsp3) is 0.0769. The van der Waals surface area contributed by atoms with Gasteiger partial charge in [-0.2, -0.15) is 0 Å². The van der Waals surface area contributed by atoms with Gasteiger partial charge in [-0.15, -0.1) is 0 Å². The van der Waals surface area contributed by atoms with Gasteiger partial charge in [0, 0.05) is 6.20 Å². The first-order valence-corrected chi connectivity index (χ1v) is 4.89. The molecule has 80 valence electrons. The number of ether oxygens (including phenoxy) is 1. The average molecular weight is 213 g/mol. The molecule has 1 aromatic carbocycles. The molecule has 0 N–H and O–H groups in total. The topological polar surface area (TPSA) is 39.2 Å². The van der Waals surface area contributed by atoms with Crippen molar-refractivity contribution in [1.29, 1.82) is 0 Å². The molecule has 0 aliphatic heterocycles. The third kappa shape index (κ3) is 2.08. The molecule has 0 saturated heterocycles. The smallest absolute Gasteiger partial charge is 0.168 e. The molecule has 1 heterocycles. The van der Waals surface area contributed by atoms with E-state index in [1.807, 2.05) is 30.3 Å². The van der Waals surface area contributed by atoms with Crippen molar-refractivity contribution in [2.45, 2.75) is 0 Å². The SMILES string of the molecule is COc1cccc(-c2ccnc(C=O)c2)c1. The molecule has 0 radical (unpaired) electrons. The number of nitrogens with zero attached hydrogens (tertiary/aromatic N) is 1. The first-order chi connectivity index (χ1) is 7.83. The largest absolute Gasteiger partial charge is 0.497 e. The predicted molar refractivity (Wildman–Crippen MR) is 61.6 cm³/mol. The first kappa shape index (κ1) is 10.4. The van der Waals surface area contributed by atoms with Crippen molar-refractivity contribution >= 4 is 6.29 Å². The van der Waals surface area contributed by atoms with Crippen LogP contribution in [0.25, 0.3) is 11.1 Å². The summed E-state index contributed by atoms with van der Waals surface area (Å²) in [5.41, 5.74) is 2.39. The van der Waals surface area contributed by atoms with Gasteiger partial charge in [0.2, 0.25) is 0 Å². The standard InChI is InChI=1S/C13H11NO2/c1-16-13-4-2-3-10(8-13)11-5-6-14-12(7-11)9-15/h2-9H,1H3. The van der Waals surface area contributed by atoms with Crippen LogP contribution in [0.4, 0.5) is 0 Å². The minimum absolute atomic E-state index is 0.431. The molecule has 0 aliphatic carbocycles. The van der Waals surface area contributed by atoms with Gasteiger partial charge in [0.05, 0.1) is 7.11 Å². The van der Waals surface area contributed by atoms with Gasteiger partial charge in [0.25, 0.3) is 0 Å². The van der Waals surface area contributed by atoms with Gasteiger partial charge in [-0.05, 0) is 35.4 Å². The van der Waals surface area contributed by atoms with Gasteiger partial charge in [-0.1, -0.05) is 12.1 Å². The van der Waals surface area contributed by atoms with E-state index in [1.54, 1.807) is 19.4 Å². The summed E-state index contributed by atoms with van der Waals surface area (Å²) in [5.74, 6) is 0.793. The van der Waals surface area contributed by atoms with Crippen LogP contribution in [0.1, 0.15) is 10.5 Å². The summed E-state index contributed by atoms with van der Waals surface area (Å²) in [6.45, 7) is 0. The van der Waals surface area contributed by atoms with Crippen molar-refractivity contribution in [1.82, 2.24) is 4.98 Å². The summed E-state index contributed by atoms with van der Waals surface area (Å²) < 4.78 is 5.15. The van der Waals surface area contributed by atoms with Gasteiger partial charge in [0.1, 0.15) is 11.4 Å². The Hall–Kier alpha value is -2.16. The van der Waals surface area contributed by atoms with Crippen LogP contribution < -0.4 is 4.74 Å². The molecule has 0 atom stereocenters. The minimum atomic E-state index is 0.431. The highest BCUT2D eigenvalue weighted by molar-refractivity contribution is 5.76. The lowest BCUT2D eigenvalue weighted by atomic mass is 10.1. The molecular formula is C13H11NO2. The van der Waals surface area contributed by atoms with E-state index in [2.05, 4.69) is 4.98 Å². The zero-order chi connectivity index (χ0) is 11.4. The molecule has 2 aromatic rings. The van der Waals surface area contributed by atoms with E-state index in [9.17, 15) is 4.79 Å². The summed E-state index contributed by atoms with van der Waals surface area (Å²) in [6, 6.07) is 11.3. The van der Waals surface area contributed by atoms with Crippen LogP contribution in [0.15, 0.2) is 42.6 Å². The summed E-state index contributed by atoms with van der Waals surface area (Å²) in [6.07, 6.45) is 2.36. The Bertz CT molecular complexity index is 509. The molecule has 0 amide bonds. The predicted octanol–water partition coefficient (Wildman–Crippen LogP) is 2.57. The van der Waals surface area contributed by atoms with Gasteiger partial charge in [-0.3, -0.25) is 9.78 Å². The Morgan fingerprint density at radius 2 is 2.00 bits per heavy atom. The number of pyridine rings is 1. The Morgan fingerprint density at radius 1 is 1.19 bits per heavy atom. The third-order valence-corrected chi connectivity index (χ3v) is 2.30. The first-order valence-electron chi connectivity index (χ1n) is 4.89. The third-order valence-electron chi connectivity index (χ3n) is 2.30. The summed E-state index contributed by atoms with van der Waals surface area (Å²) in [7, 11) is 1.63. The lowest BCUT2D eigenvalue weighted by molar-refractivity contribution is 0.111. The molecule has 3 nitrogen and oxygen atoms in total. The zero-order valence-electron chi connectivity index (χ0n) is 8.88. The monoisotopic (exact) mass is 213 g/mol. The van der Waals surface area contributed by atoms with Crippen molar-refractivity contribution in [3.05, 3.63) is 48.3 Å². The lowest BCUT2D eigenvalue weighted by Gasteiger charge is -2.04. The molecular weight excluding hydrogens is 202 g/mol. The van der Waals surface area contributed by atoms with Crippen LogP contribution in [-0.2, 0) is 0 Å². The normalized spacial score (nSPS) is 9.81. The molecule has 0 saturated carbocycles. The average Bonchev–Trinajstić information content (AvgIpc) is 2.39. The maximum atomic E-state index is 10.6. The summed E-state index contributed by atoms with van der Waals surface area (Å²) in [4.78, 5) is 14.6. The van der Waals surface area contributed by atoms with E-state index in [1.165, 1.54) is 0 Å².